The Morgan fingerprint density at radius 2 is 1.85 bits per heavy atom. The molecule has 0 saturated heterocycles. The lowest BCUT2D eigenvalue weighted by molar-refractivity contribution is -0.0723. The van der Waals surface area contributed by atoms with Gasteiger partial charge in [0.2, 0.25) is 0 Å². The van der Waals surface area contributed by atoms with E-state index in [1.165, 1.54) is 5.56 Å². The molecule has 0 aliphatic heterocycles. The highest BCUT2D eigenvalue weighted by molar-refractivity contribution is 9.09. The summed E-state index contributed by atoms with van der Waals surface area (Å²) in [6.45, 7) is 9.53. The summed E-state index contributed by atoms with van der Waals surface area (Å²) in [5.41, 5.74) is 1.59. The van der Waals surface area contributed by atoms with E-state index < -0.39 is 0 Å². The van der Waals surface area contributed by atoms with Crippen molar-refractivity contribution in [1.29, 1.82) is 0 Å². The first kappa shape index (κ1) is 15.8. The number of benzene rings is 1. The minimum absolute atomic E-state index is 0.171. The van der Waals surface area contributed by atoms with Gasteiger partial charge < -0.3 is 9.47 Å². The van der Waals surface area contributed by atoms with Crippen LogP contribution in [0.3, 0.4) is 0 Å². The van der Waals surface area contributed by atoms with Crippen LogP contribution in [0, 0.1) is 0 Å². The summed E-state index contributed by atoms with van der Waals surface area (Å²) in [6, 6.07) is 8.52. The van der Waals surface area contributed by atoms with Gasteiger partial charge in [-0.05, 0) is 36.5 Å². The average molecular weight is 341 g/mol. The molecular weight excluding hydrogens is 316 g/mol. The van der Waals surface area contributed by atoms with Crippen LogP contribution in [-0.4, -0.2) is 23.6 Å². The lowest BCUT2D eigenvalue weighted by atomic mass is 9.82. The first-order chi connectivity index (χ1) is 9.47. The first-order valence-corrected chi connectivity index (χ1v) is 8.42. The van der Waals surface area contributed by atoms with Crippen molar-refractivity contribution in [1.82, 2.24) is 0 Å². The molecule has 0 bridgehead atoms. The van der Waals surface area contributed by atoms with Gasteiger partial charge in [0.25, 0.3) is 0 Å². The van der Waals surface area contributed by atoms with E-state index in [0.29, 0.717) is 4.83 Å². The van der Waals surface area contributed by atoms with E-state index in [9.17, 15) is 0 Å². The van der Waals surface area contributed by atoms with Crippen molar-refractivity contribution in [2.24, 2.45) is 0 Å². The minimum Gasteiger partial charge on any atom is -0.488 e. The SMILES string of the molecule is CCOC1C(Br)CC1Oc1ccc(C(C)(C)CC)cc1. The number of hydrogen-bond acceptors (Lipinski definition) is 2. The molecule has 0 amide bonds. The first-order valence-electron chi connectivity index (χ1n) is 7.50. The molecule has 3 heteroatoms. The Balaban J connectivity index is 1.98. The van der Waals surface area contributed by atoms with Gasteiger partial charge in [0, 0.05) is 17.9 Å². The Morgan fingerprint density at radius 3 is 2.35 bits per heavy atom. The van der Waals surface area contributed by atoms with Crippen LogP contribution in [-0.2, 0) is 10.2 Å². The smallest absolute Gasteiger partial charge is 0.127 e. The predicted octanol–water partition coefficient (Wildman–Crippen LogP) is 4.69. The van der Waals surface area contributed by atoms with Crippen molar-refractivity contribution in [3.8, 4) is 5.75 Å². The van der Waals surface area contributed by atoms with Crippen LogP contribution >= 0.6 is 15.9 Å². The van der Waals surface area contributed by atoms with Crippen molar-refractivity contribution in [2.45, 2.75) is 63.0 Å². The Kier molecular flexibility index (Phi) is 5.14. The van der Waals surface area contributed by atoms with Gasteiger partial charge in [0.1, 0.15) is 18.0 Å². The maximum atomic E-state index is 6.03. The number of rotatable bonds is 6. The van der Waals surface area contributed by atoms with Crippen molar-refractivity contribution in [3.63, 3.8) is 0 Å². The quantitative estimate of drug-likeness (QED) is 0.699. The van der Waals surface area contributed by atoms with Gasteiger partial charge in [-0.15, -0.1) is 0 Å². The molecule has 0 heterocycles. The van der Waals surface area contributed by atoms with E-state index in [0.717, 1.165) is 25.2 Å². The second-order valence-corrected chi connectivity index (χ2v) is 7.27. The molecule has 1 aromatic rings. The number of halogens is 1. The monoisotopic (exact) mass is 340 g/mol. The van der Waals surface area contributed by atoms with Crippen LogP contribution in [0.5, 0.6) is 5.75 Å². The molecule has 2 rings (SSSR count). The molecule has 0 aromatic heterocycles. The third-order valence-electron chi connectivity index (χ3n) is 4.35. The van der Waals surface area contributed by atoms with Gasteiger partial charge in [-0.25, -0.2) is 0 Å². The zero-order valence-electron chi connectivity index (χ0n) is 12.9. The van der Waals surface area contributed by atoms with Crippen molar-refractivity contribution >= 4 is 15.9 Å². The number of hydrogen-bond donors (Lipinski definition) is 0. The second kappa shape index (κ2) is 6.48. The summed E-state index contributed by atoms with van der Waals surface area (Å²) in [5.74, 6) is 0.940. The molecule has 3 unspecified atom stereocenters. The second-order valence-electron chi connectivity index (χ2n) is 6.09. The highest BCUT2D eigenvalue weighted by Gasteiger charge is 2.42. The van der Waals surface area contributed by atoms with Crippen molar-refractivity contribution in [2.75, 3.05) is 6.61 Å². The molecule has 1 fully saturated rings. The van der Waals surface area contributed by atoms with Gasteiger partial charge in [-0.1, -0.05) is 48.8 Å². The summed E-state index contributed by atoms with van der Waals surface area (Å²) >= 11 is 3.62. The average Bonchev–Trinajstić information content (AvgIpc) is 2.45. The van der Waals surface area contributed by atoms with Crippen LogP contribution in [0.15, 0.2) is 24.3 Å². The topological polar surface area (TPSA) is 18.5 Å². The van der Waals surface area contributed by atoms with Crippen LogP contribution in [0.1, 0.15) is 46.1 Å². The molecule has 112 valence electrons. The normalized spacial score (nSPS) is 26.1. The Bertz CT molecular complexity index is 427. The zero-order chi connectivity index (χ0) is 14.8. The lowest BCUT2D eigenvalue weighted by Crippen LogP contribution is -2.52. The van der Waals surface area contributed by atoms with Crippen molar-refractivity contribution < 1.29 is 9.47 Å². The van der Waals surface area contributed by atoms with E-state index in [4.69, 9.17) is 9.47 Å². The third-order valence-corrected chi connectivity index (χ3v) is 5.24. The Hall–Kier alpha value is -0.540. The maximum absolute atomic E-state index is 6.03. The minimum atomic E-state index is 0.171. The van der Waals surface area contributed by atoms with Gasteiger partial charge >= 0.3 is 0 Å². The molecule has 0 N–H and O–H groups in total. The van der Waals surface area contributed by atoms with Gasteiger partial charge in [-0.2, -0.15) is 0 Å². The number of ether oxygens (including phenoxy) is 2. The van der Waals surface area contributed by atoms with Gasteiger partial charge in [-0.3, -0.25) is 0 Å². The van der Waals surface area contributed by atoms with Crippen LogP contribution in [0.4, 0.5) is 0 Å². The highest BCUT2D eigenvalue weighted by Crippen LogP contribution is 2.35. The van der Waals surface area contributed by atoms with E-state index in [-0.39, 0.29) is 17.6 Å². The standard InChI is InChI=1S/C17H25BrO2/c1-5-17(3,4)12-7-9-13(10-8-12)20-15-11-14(18)16(15)19-6-2/h7-10,14-16H,5-6,11H2,1-4H3. The van der Waals surface area contributed by atoms with Gasteiger partial charge in [0.05, 0.1) is 0 Å². The molecule has 1 saturated carbocycles. The summed E-state index contributed by atoms with van der Waals surface area (Å²) in [7, 11) is 0. The highest BCUT2D eigenvalue weighted by atomic mass is 79.9. The Labute approximate surface area is 131 Å². The summed E-state index contributed by atoms with van der Waals surface area (Å²) in [5, 5.41) is 0. The lowest BCUT2D eigenvalue weighted by Gasteiger charge is -2.40. The molecule has 20 heavy (non-hydrogen) atoms. The van der Waals surface area contributed by atoms with E-state index in [1.807, 2.05) is 6.92 Å². The Morgan fingerprint density at radius 1 is 1.20 bits per heavy atom. The van der Waals surface area contributed by atoms with E-state index in [1.54, 1.807) is 0 Å². The fraction of sp³-hybridized carbons (Fsp3) is 0.647. The zero-order valence-corrected chi connectivity index (χ0v) is 14.4. The fourth-order valence-corrected chi connectivity index (χ4v) is 3.27. The number of alkyl halides is 1. The summed E-state index contributed by atoms with van der Waals surface area (Å²) < 4.78 is 11.7. The third kappa shape index (κ3) is 3.37. The molecule has 1 aromatic carbocycles. The van der Waals surface area contributed by atoms with Gasteiger partial charge in [0.15, 0.2) is 0 Å². The van der Waals surface area contributed by atoms with Crippen LogP contribution in [0.2, 0.25) is 0 Å². The van der Waals surface area contributed by atoms with E-state index in [2.05, 4.69) is 61.0 Å². The maximum Gasteiger partial charge on any atom is 0.127 e. The molecular formula is C17H25BrO2. The van der Waals surface area contributed by atoms with Crippen LogP contribution in [0.25, 0.3) is 0 Å². The van der Waals surface area contributed by atoms with E-state index >= 15 is 0 Å². The molecule has 0 spiro atoms. The summed E-state index contributed by atoms with van der Waals surface area (Å²) in [4.78, 5) is 0.422. The largest absolute Gasteiger partial charge is 0.488 e. The van der Waals surface area contributed by atoms with Crippen molar-refractivity contribution in [3.05, 3.63) is 29.8 Å². The summed E-state index contributed by atoms with van der Waals surface area (Å²) in [6.07, 6.45) is 2.48. The fourth-order valence-electron chi connectivity index (χ4n) is 2.41. The predicted molar refractivity (Wildman–Crippen MR) is 86.9 cm³/mol. The van der Waals surface area contributed by atoms with Crippen LogP contribution < -0.4 is 4.74 Å². The molecule has 1 aliphatic carbocycles. The molecule has 1 aliphatic rings. The molecule has 0 radical (unpaired) electrons. The molecule has 3 atom stereocenters. The molecule has 2 nitrogen and oxygen atoms in total.